The van der Waals surface area contributed by atoms with Gasteiger partial charge in [0.1, 0.15) is 5.54 Å². The lowest BCUT2D eigenvalue weighted by atomic mass is 9.87. The maximum absolute atomic E-state index is 12.4. The van der Waals surface area contributed by atoms with Crippen LogP contribution >= 0.6 is 0 Å². The molecule has 1 aromatic carbocycles. The van der Waals surface area contributed by atoms with E-state index in [4.69, 9.17) is 0 Å². The summed E-state index contributed by atoms with van der Waals surface area (Å²) in [5.74, 6) is -0.0287. The van der Waals surface area contributed by atoms with Crippen LogP contribution in [0.2, 0.25) is 0 Å². The molecule has 0 unspecified atom stereocenters. The number of amides is 1. The Kier molecular flexibility index (Phi) is 4.68. The van der Waals surface area contributed by atoms with E-state index in [9.17, 15) is 10.1 Å². The van der Waals surface area contributed by atoms with Gasteiger partial charge in [-0.2, -0.15) is 5.26 Å². The van der Waals surface area contributed by atoms with Gasteiger partial charge in [-0.15, -0.1) is 0 Å². The molecule has 1 aromatic rings. The van der Waals surface area contributed by atoms with Gasteiger partial charge >= 0.3 is 0 Å². The third-order valence-electron chi connectivity index (χ3n) is 5.31. The van der Waals surface area contributed by atoms with Crippen molar-refractivity contribution >= 4 is 5.91 Å². The molecule has 1 fully saturated rings. The molecule has 0 aromatic heterocycles. The maximum Gasteiger partial charge on any atom is 0.235 e. The molecule has 4 nitrogen and oxygen atoms in total. The second-order valence-electron chi connectivity index (χ2n) is 6.97. The largest absolute Gasteiger partial charge is 0.337 e. The van der Waals surface area contributed by atoms with Crippen molar-refractivity contribution in [1.82, 2.24) is 10.2 Å². The minimum atomic E-state index is -0.623. The fourth-order valence-electron chi connectivity index (χ4n) is 4.07. The SMILES string of the molecule is CN(CC(=O)NC1(C#N)CCCC1)[C@H]1CCCc2ccccc21. The smallest absolute Gasteiger partial charge is 0.235 e. The molecule has 0 bridgehead atoms. The Morgan fingerprint density at radius 2 is 2.09 bits per heavy atom. The molecule has 4 heteroatoms. The molecule has 2 aliphatic carbocycles. The van der Waals surface area contributed by atoms with E-state index in [0.717, 1.165) is 44.9 Å². The number of rotatable bonds is 4. The molecular weight excluding hydrogens is 286 g/mol. The van der Waals surface area contributed by atoms with Crippen LogP contribution in [0.1, 0.15) is 55.7 Å². The number of benzene rings is 1. The van der Waals surface area contributed by atoms with E-state index in [2.05, 4.69) is 40.6 Å². The van der Waals surface area contributed by atoms with Crippen LogP contribution in [0.25, 0.3) is 0 Å². The van der Waals surface area contributed by atoms with Crippen molar-refractivity contribution in [2.45, 2.75) is 56.5 Å². The highest BCUT2D eigenvalue weighted by molar-refractivity contribution is 5.79. The second-order valence-corrected chi connectivity index (χ2v) is 6.97. The van der Waals surface area contributed by atoms with Crippen molar-refractivity contribution in [2.75, 3.05) is 13.6 Å². The van der Waals surface area contributed by atoms with Crippen LogP contribution in [0, 0.1) is 11.3 Å². The summed E-state index contributed by atoms with van der Waals surface area (Å²) in [6.45, 7) is 0.350. The number of likely N-dealkylation sites (N-methyl/N-ethyl adjacent to an activating group) is 1. The standard InChI is InChI=1S/C19H25N3O/c1-22(13-18(23)21-19(14-20)11-4-5-12-19)17-10-6-8-15-7-2-3-9-16(15)17/h2-3,7,9,17H,4-6,8,10-13H2,1H3,(H,21,23)/t17-/m0/s1. The molecule has 0 spiro atoms. The first-order valence-electron chi connectivity index (χ1n) is 8.64. The van der Waals surface area contributed by atoms with Crippen molar-refractivity contribution in [3.63, 3.8) is 0 Å². The van der Waals surface area contributed by atoms with Gasteiger partial charge < -0.3 is 5.32 Å². The molecule has 0 radical (unpaired) electrons. The zero-order chi connectivity index (χ0) is 16.3. The number of carbonyl (C=O) groups excluding carboxylic acids is 1. The molecule has 1 atom stereocenters. The first kappa shape index (κ1) is 16.0. The van der Waals surface area contributed by atoms with E-state index < -0.39 is 5.54 Å². The molecule has 122 valence electrons. The summed E-state index contributed by atoms with van der Waals surface area (Å²) < 4.78 is 0. The van der Waals surface area contributed by atoms with Crippen molar-refractivity contribution in [1.29, 1.82) is 5.26 Å². The van der Waals surface area contributed by atoms with Gasteiger partial charge in [0, 0.05) is 6.04 Å². The third-order valence-corrected chi connectivity index (χ3v) is 5.31. The van der Waals surface area contributed by atoms with E-state index in [1.165, 1.54) is 11.1 Å². The highest BCUT2D eigenvalue weighted by Gasteiger charge is 2.36. The molecule has 23 heavy (non-hydrogen) atoms. The van der Waals surface area contributed by atoms with Gasteiger partial charge in [-0.1, -0.05) is 24.3 Å². The number of carbonyl (C=O) groups is 1. The average Bonchev–Trinajstić information content (AvgIpc) is 3.03. The first-order chi connectivity index (χ1) is 11.1. The summed E-state index contributed by atoms with van der Waals surface area (Å²) in [6.07, 6.45) is 7.00. The molecule has 2 aliphatic rings. The van der Waals surface area contributed by atoms with Crippen LogP contribution in [0.3, 0.4) is 0 Å². The molecule has 0 saturated heterocycles. The highest BCUT2D eigenvalue weighted by Crippen LogP contribution is 2.33. The summed E-state index contributed by atoms with van der Waals surface area (Å²) in [5, 5.41) is 12.4. The lowest BCUT2D eigenvalue weighted by molar-refractivity contribution is -0.123. The Morgan fingerprint density at radius 3 is 2.83 bits per heavy atom. The van der Waals surface area contributed by atoms with Crippen molar-refractivity contribution < 1.29 is 4.79 Å². The normalized spacial score (nSPS) is 22.4. The summed E-state index contributed by atoms with van der Waals surface area (Å²) in [4.78, 5) is 14.6. The van der Waals surface area contributed by atoms with Crippen LogP contribution in [0.5, 0.6) is 0 Å². The van der Waals surface area contributed by atoms with Gasteiger partial charge in [0.2, 0.25) is 5.91 Å². The second kappa shape index (κ2) is 6.72. The monoisotopic (exact) mass is 311 g/mol. The number of hydrogen-bond donors (Lipinski definition) is 1. The van der Waals surface area contributed by atoms with Gasteiger partial charge in [-0.05, 0) is 63.1 Å². The van der Waals surface area contributed by atoms with E-state index in [1.807, 2.05) is 7.05 Å². The highest BCUT2D eigenvalue weighted by atomic mass is 16.2. The van der Waals surface area contributed by atoms with Gasteiger partial charge in [0.15, 0.2) is 0 Å². The number of aryl methyl sites for hydroxylation is 1. The fraction of sp³-hybridized carbons (Fsp3) is 0.579. The number of nitrogens with one attached hydrogen (secondary N) is 1. The topological polar surface area (TPSA) is 56.1 Å². The Balaban J connectivity index is 1.65. The molecule has 1 N–H and O–H groups in total. The third kappa shape index (κ3) is 3.40. The molecule has 1 amide bonds. The van der Waals surface area contributed by atoms with Crippen molar-refractivity contribution in [3.8, 4) is 6.07 Å². The lowest BCUT2D eigenvalue weighted by Crippen LogP contribution is -2.49. The molecule has 0 aliphatic heterocycles. The molecular formula is C19H25N3O. The van der Waals surface area contributed by atoms with Crippen LogP contribution in [-0.2, 0) is 11.2 Å². The minimum Gasteiger partial charge on any atom is -0.337 e. The van der Waals surface area contributed by atoms with Gasteiger partial charge in [-0.3, -0.25) is 9.69 Å². The van der Waals surface area contributed by atoms with Crippen LogP contribution in [0.15, 0.2) is 24.3 Å². The van der Waals surface area contributed by atoms with E-state index >= 15 is 0 Å². The maximum atomic E-state index is 12.4. The molecule has 3 rings (SSSR count). The van der Waals surface area contributed by atoms with Crippen molar-refractivity contribution in [3.05, 3.63) is 35.4 Å². The van der Waals surface area contributed by atoms with Gasteiger partial charge in [-0.25, -0.2) is 0 Å². The predicted octanol–water partition coefficient (Wildman–Crippen LogP) is 2.95. The summed E-state index contributed by atoms with van der Waals surface area (Å²) in [5.41, 5.74) is 2.13. The number of nitriles is 1. The fourth-order valence-corrected chi connectivity index (χ4v) is 4.07. The predicted molar refractivity (Wildman–Crippen MR) is 89.7 cm³/mol. The summed E-state index contributed by atoms with van der Waals surface area (Å²) in [7, 11) is 2.01. The Labute approximate surface area is 138 Å². The van der Waals surface area contributed by atoms with Gasteiger partial charge in [0.25, 0.3) is 0 Å². The minimum absolute atomic E-state index is 0.0287. The quantitative estimate of drug-likeness (QED) is 0.930. The number of fused-ring (bicyclic) bond motifs is 1. The number of hydrogen-bond acceptors (Lipinski definition) is 3. The zero-order valence-electron chi connectivity index (χ0n) is 13.8. The van der Waals surface area contributed by atoms with Crippen molar-refractivity contribution in [2.24, 2.45) is 0 Å². The first-order valence-corrected chi connectivity index (χ1v) is 8.64. The molecule has 0 heterocycles. The summed E-state index contributed by atoms with van der Waals surface area (Å²) >= 11 is 0. The van der Waals surface area contributed by atoms with Crippen LogP contribution in [0.4, 0.5) is 0 Å². The van der Waals surface area contributed by atoms with E-state index in [1.54, 1.807) is 0 Å². The lowest BCUT2D eigenvalue weighted by Gasteiger charge is -2.33. The van der Waals surface area contributed by atoms with Gasteiger partial charge in [0.05, 0.1) is 12.6 Å². The average molecular weight is 311 g/mol. The van der Waals surface area contributed by atoms with E-state index in [-0.39, 0.29) is 5.91 Å². The van der Waals surface area contributed by atoms with E-state index in [0.29, 0.717) is 12.6 Å². The Hall–Kier alpha value is -1.86. The zero-order valence-corrected chi connectivity index (χ0v) is 13.8. The van der Waals surface area contributed by atoms with Crippen LogP contribution < -0.4 is 5.32 Å². The van der Waals surface area contributed by atoms with Crippen LogP contribution in [-0.4, -0.2) is 29.9 Å². The summed E-state index contributed by atoms with van der Waals surface area (Å²) in [6, 6.07) is 11.2. The molecule has 1 saturated carbocycles. The Bertz CT molecular complexity index is 613. The number of nitrogens with zero attached hydrogens (tertiary/aromatic N) is 2. The Morgan fingerprint density at radius 1 is 1.35 bits per heavy atom.